The van der Waals surface area contributed by atoms with Crippen LogP contribution in [0.15, 0.2) is 40.2 Å². The van der Waals surface area contributed by atoms with Crippen molar-refractivity contribution in [3.8, 4) is 0 Å². The summed E-state index contributed by atoms with van der Waals surface area (Å²) in [7, 11) is 0.834. The van der Waals surface area contributed by atoms with E-state index in [4.69, 9.17) is 0 Å². The third-order valence-corrected chi connectivity index (χ3v) is 6.30. The van der Waals surface area contributed by atoms with Gasteiger partial charge in [0.2, 0.25) is 0 Å². The third kappa shape index (κ3) is 4.26. The standard InChI is InChI=1S/C17H27N3OS.HI/c1-16(2)13-20(17(16,3)4)15(18-5)19-11-12-22(21)14-9-7-6-8-10-14;/h6-10H,11-13H2,1-5H3,(H,18,19);1H. The molecule has 1 aromatic rings. The average molecular weight is 449 g/mol. The quantitative estimate of drug-likeness (QED) is 0.437. The van der Waals surface area contributed by atoms with E-state index < -0.39 is 10.8 Å². The second kappa shape index (κ2) is 7.96. The smallest absolute Gasteiger partial charge is 0.194 e. The van der Waals surface area contributed by atoms with Gasteiger partial charge in [0, 0.05) is 41.7 Å². The van der Waals surface area contributed by atoms with Gasteiger partial charge in [-0.2, -0.15) is 0 Å². The molecule has 1 unspecified atom stereocenters. The Hall–Kier alpha value is -0.630. The molecule has 1 atom stereocenters. The molecule has 0 bridgehead atoms. The molecule has 1 aromatic carbocycles. The monoisotopic (exact) mass is 449 g/mol. The van der Waals surface area contributed by atoms with E-state index in [1.54, 1.807) is 7.05 Å². The van der Waals surface area contributed by atoms with Crippen molar-refractivity contribution in [2.75, 3.05) is 25.9 Å². The molecule has 1 heterocycles. The minimum atomic E-state index is -0.969. The maximum atomic E-state index is 12.2. The highest BCUT2D eigenvalue weighted by atomic mass is 127. The fourth-order valence-corrected chi connectivity index (χ4v) is 3.62. The summed E-state index contributed by atoms with van der Waals surface area (Å²) >= 11 is 0. The van der Waals surface area contributed by atoms with Gasteiger partial charge in [-0.15, -0.1) is 24.0 Å². The molecule has 1 aliphatic heterocycles. The lowest BCUT2D eigenvalue weighted by Crippen LogP contribution is -2.72. The number of nitrogens with zero attached hydrogens (tertiary/aromatic N) is 2. The largest absolute Gasteiger partial charge is 0.355 e. The van der Waals surface area contributed by atoms with E-state index in [2.05, 4.69) is 42.9 Å². The van der Waals surface area contributed by atoms with Crippen molar-refractivity contribution in [2.45, 2.75) is 38.1 Å². The fraction of sp³-hybridized carbons (Fsp3) is 0.588. The minimum Gasteiger partial charge on any atom is -0.355 e. The first-order valence-electron chi connectivity index (χ1n) is 7.71. The van der Waals surface area contributed by atoms with Crippen LogP contribution in [-0.4, -0.2) is 46.5 Å². The highest BCUT2D eigenvalue weighted by molar-refractivity contribution is 14.0. The zero-order chi connectivity index (χ0) is 16.4. The second-order valence-corrected chi connectivity index (χ2v) is 8.44. The first-order valence-corrected chi connectivity index (χ1v) is 9.03. The van der Waals surface area contributed by atoms with Crippen LogP contribution in [0.4, 0.5) is 0 Å². The summed E-state index contributed by atoms with van der Waals surface area (Å²) in [6, 6.07) is 9.60. The number of rotatable bonds is 4. The molecule has 0 amide bonds. The molecular weight excluding hydrogens is 421 g/mol. The highest BCUT2D eigenvalue weighted by Crippen LogP contribution is 2.46. The lowest BCUT2D eigenvalue weighted by Gasteiger charge is -2.62. The lowest BCUT2D eigenvalue weighted by molar-refractivity contribution is -0.0666. The van der Waals surface area contributed by atoms with Crippen molar-refractivity contribution in [2.24, 2.45) is 10.4 Å². The van der Waals surface area contributed by atoms with Gasteiger partial charge in [-0.3, -0.25) is 9.20 Å². The molecule has 0 saturated carbocycles. The number of nitrogens with one attached hydrogen (secondary N) is 1. The van der Waals surface area contributed by atoms with E-state index in [-0.39, 0.29) is 34.9 Å². The van der Waals surface area contributed by atoms with Crippen molar-refractivity contribution in [3.63, 3.8) is 0 Å². The zero-order valence-electron chi connectivity index (χ0n) is 14.6. The predicted molar refractivity (Wildman–Crippen MR) is 109 cm³/mol. The van der Waals surface area contributed by atoms with Crippen LogP contribution in [0.1, 0.15) is 27.7 Å². The SMILES string of the molecule is CN=C(NCCS(=O)c1ccccc1)N1CC(C)(C)C1(C)C.I. The minimum absolute atomic E-state index is 0. The molecule has 0 aromatic heterocycles. The number of likely N-dealkylation sites (tertiary alicyclic amines) is 1. The van der Waals surface area contributed by atoms with Gasteiger partial charge in [0.25, 0.3) is 0 Å². The van der Waals surface area contributed by atoms with Crippen LogP contribution in [0, 0.1) is 5.41 Å². The average Bonchev–Trinajstić information content (AvgIpc) is 2.50. The van der Waals surface area contributed by atoms with E-state index in [9.17, 15) is 4.21 Å². The molecule has 6 heteroatoms. The van der Waals surface area contributed by atoms with Crippen molar-refractivity contribution in [1.82, 2.24) is 10.2 Å². The van der Waals surface area contributed by atoms with E-state index >= 15 is 0 Å². The Bertz CT molecular complexity index is 572. The third-order valence-electron chi connectivity index (χ3n) is 4.93. The molecule has 130 valence electrons. The van der Waals surface area contributed by atoms with Crippen LogP contribution in [-0.2, 0) is 10.8 Å². The maximum absolute atomic E-state index is 12.2. The number of hydrogen-bond donors (Lipinski definition) is 1. The molecule has 1 saturated heterocycles. The van der Waals surface area contributed by atoms with Gasteiger partial charge in [0.1, 0.15) is 0 Å². The van der Waals surface area contributed by atoms with Crippen LogP contribution in [0.25, 0.3) is 0 Å². The summed E-state index contributed by atoms with van der Waals surface area (Å²) in [5.74, 6) is 1.48. The Morgan fingerprint density at radius 1 is 1.26 bits per heavy atom. The van der Waals surface area contributed by atoms with Gasteiger partial charge >= 0.3 is 0 Å². The Morgan fingerprint density at radius 2 is 1.87 bits per heavy atom. The van der Waals surface area contributed by atoms with Gasteiger partial charge < -0.3 is 10.2 Å². The molecule has 0 spiro atoms. The number of benzene rings is 1. The van der Waals surface area contributed by atoms with E-state index in [0.29, 0.717) is 12.3 Å². The molecule has 0 radical (unpaired) electrons. The fourth-order valence-electron chi connectivity index (χ4n) is 2.64. The highest BCUT2D eigenvalue weighted by Gasteiger charge is 2.53. The Kier molecular flexibility index (Phi) is 7.07. The zero-order valence-corrected chi connectivity index (χ0v) is 17.8. The lowest BCUT2D eigenvalue weighted by atomic mass is 9.65. The first-order chi connectivity index (χ1) is 10.3. The summed E-state index contributed by atoms with van der Waals surface area (Å²) in [6.45, 7) is 10.7. The topological polar surface area (TPSA) is 44.7 Å². The summed E-state index contributed by atoms with van der Waals surface area (Å²) in [5, 5.41) is 3.35. The van der Waals surface area contributed by atoms with Gasteiger partial charge in [-0.1, -0.05) is 32.0 Å². The normalized spacial score (nSPS) is 20.2. The van der Waals surface area contributed by atoms with Crippen LogP contribution in [0.3, 0.4) is 0 Å². The van der Waals surface area contributed by atoms with E-state index in [1.165, 1.54) is 0 Å². The number of hydrogen-bond acceptors (Lipinski definition) is 2. The summed E-state index contributed by atoms with van der Waals surface area (Å²) < 4.78 is 12.2. The molecule has 2 rings (SSSR count). The summed E-state index contributed by atoms with van der Waals surface area (Å²) in [6.07, 6.45) is 0. The summed E-state index contributed by atoms with van der Waals surface area (Å²) in [5.41, 5.74) is 0.352. The number of guanidine groups is 1. The van der Waals surface area contributed by atoms with Crippen molar-refractivity contribution < 1.29 is 4.21 Å². The number of halogens is 1. The van der Waals surface area contributed by atoms with Crippen LogP contribution < -0.4 is 5.32 Å². The van der Waals surface area contributed by atoms with Gasteiger partial charge in [-0.25, -0.2) is 0 Å². The molecule has 23 heavy (non-hydrogen) atoms. The second-order valence-electron chi connectivity index (χ2n) is 6.87. The van der Waals surface area contributed by atoms with Gasteiger partial charge in [-0.05, 0) is 26.0 Å². The predicted octanol–water partition coefficient (Wildman–Crippen LogP) is 3.11. The van der Waals surface area contributed by atoms with Crippen LogP contribution in [0.5, 0.6) is 0 Å². The van der Waals surface area contributed by atoms with Crippen LogP contribution in [0.2, 0.25) is 0 Å². The van der Waals surface area contributed by atoms with Crippen molar-refractivity contribution in [3.05, 3.63) is 30.3 Å². The summed E-state index contributed by atoms with van der Waals surface area (Å²) in [4.78, 5) is 7.54. The van der Waals surface area contributed by atoms with E-state index in [1.807, 2.05) is 30.3 Å². The molecule has 1 fully saturated rings. The molecule has 1 aliphatic rings. The molecule has 1 N–H and O–H groups in total. The molecule has 0 aliphatic carbocycles. The maximum Gasteiger partial charge on any atom is 0.194 e. The molecular formula is C17H28IN3OS. The van der Waals surface area contributed by atoms with Gasteiger partial charge in [0.15, 0.2) is 5.96 Å². The Labute approximate surface area is 159 Å². The van der Waals surface area contributed by atoms with Crippen molar-refractivity contribution in [1.29, 1.82) is 0 Å². The van der Waals surface area contributed by atoms with Crippen LogP contribution >= 0.6 is 24.0 Å². The van der Waals surface area contributed by atoms with Crippen molar-refractivity contribution >= 4 is 40.7 Å². The first kappa shape index (κ1) is 20.4. The van der Waals surface area contributed by atoms with E-state index in [0.717, 1.165) is 17.4 Å². The number of aliphatic imine (C=N–C) groups is 1. The Morgan fingerprint density at radius 3 is 2.35 bits per heavy atom. The van der Waals surface area contributed by atoms with Gasteiger partial charge in [0.05, 0.1) is 10.8 Å². The molecule has 4 nitrogen and oxygen atoms in total. The Balaban J connectivity index is 0.00000264.